The number of thiazole rings is 1. The first kappa shape index (κ1) is 30.3. The van der Waals surface area contributed by atoms with E-state index in [1.54, 1.807) is 6.07 Å². The van der Waals surface area contributed by atoms with Gasteiger partial charge in [-0.2, -0.15) is 13.2 Å². The second kappa shape index (κ2) is 13.0. The van der Waals surface area contributed by atoms with Crippen LogP contribution in [0.3, 0.4) is 0 Å². The molecule has 2 atom stereocenters. The van der Waals surface area contributed by atoms with E-state index in [0.29, 0.717) is 56.3 Å². The maximum absolute atomic E-state index is 13.4. The van der Waals surface area contributed by atoms with E-state index in [2.05, 4.69) is 39.3 Å². The lowest BCUT2D eigenvalue weighted by Gasteiger charge is -2.34. The minimum atomic E-state index is -4.48. The van der Waals surface area contributed by atoms with Gasteiger partial charge < -0.3 is 10.0 Å². The summed E-state index contributed by atoms with van der Waals surface area (Å²) in [6, 6.07) is 5.07. The molecular weight excluding hydrogens is 590 g/mol. The molecule has 1 amide bonds. The van der Waals surface area contributed by atoms with Crippen LogP contribution in [0.4, 0.5) is 24.1 Å². The van der Waals surface area contributed by atoms with Crippen molar-refractivity contribution in [2.75, 3.05) is 49.5 Å². The molecule has 4 heterocycles. The van der Waals surface area contributed by atoms with Crippen LogP contribution in [0.15, 0.2) is 36.7 Å². The molecule has 0 bridgehead atoms. The van der Waals surface area contributed by atoms with E-state index < -0.39 is 23.6 Å². The molecule has 2 aromatic heterocycles. The highest BCUT2D eigenvalue weighted by atomic mass is 32.1. The molecule has 3 aromatic rings. The molecule has 0 aliphatic carbocycles. The number of carbonyl (C=O) groups excluding carboxylic acids is 1. The number of anilines is 2. The quantitative estimate of drug-likeness (QED) is 0.338. The lowest BCUT2D eigenvalue weighted by atomic mass is 10.1. The second-order valence-corrected chi connectivity index (χ2v) is 12.1. The number of aromatic nitrogens is 3. The fraction of sp³-hybridized carbons (Fsp3) is 0.444. The van der Waals surface area contributed by atoms with Gasteiger partial charge in [0.25, 0.3) is 5.91 Å². The molecule has 224 valence electrons. The number of halogens is 3. The molecule has 0 radical (unpaired) electrons. The van der Waals surface area contributed by atoms with Gasteiger partial charge in [-0.3, -0.25) is 24.7 Å². The van der Waals surface area contributed by atoms with Crippen molar-refractivity contribution in [3.8, 4) is 11.3 Å². The minimum Gasteiger partial charge on any atom is -0.481 e. The number of benzene rings is 1. The Morgan fingerprint density at radius 2 is 1.90 bits per heavy atom. The first-order valence-corrected chi connectivity index (χ1v) is 15.0. The van der Waals surface area contributed by atoms with Crippen LogP contribution in [0.2, 0.25) is 0 Å². The highest BCUT2D eigenvalue weighted by molar-refractivity contribution is 7.17. The summed E-state index contributed by atoms with van der Waals surface area (Å²) in [4.78, 5) is 44.2. The van der Waals surface area contributed by atoms with Gasteiger partial charge in [-0.1, -0.05) is 23.5 Å². The number of hydrogen-bond acceptors (Lipinski definition) is 9. The van der Waals surface area contributed by atoms with Gasteiger partial charge in [0, 0.05) is 55.5 Å². The monoisotopic (exact) mass is 621 g/mol. The van der Waals surface area contributed by atoms with Crippen molar-refractivity contribution in [2.45, 2.75) is 37.8 Å². The molecular formula is C27H31F3N7O3PS. The Hall–Kier alpha value is -3.19. The van der Waals surface area contributed by atoms with E-state index in [1.165, 1.54) is 29.8 Å². The Morgan fingerprint density at radius 3 is 2.55 bits per heavy atom. The smallest absolute Gasteiger partial charge is 0.416 e. The molecule has 2 unspecified atom stereocenters. The lowest BCUT2D eigenvalue weighted by Crippen LogP contribution is -2.47. The van der Waals surface area contributed by atoms with Crippen LogP contribution in [-0.2, 0) is 17.5 Å². The van der Waals surface area contributed by atoms with E-state index in [9.17, 15) is 22.8 Å². The summed E-state index contributed by atoms with van der Waals surface area (Å²) < 4.78 is 40.3. The van der Waals surface area contributed by atoms with Crippen LogP contribution >= 0.6 is 20.6 Å². The van der Waals surface area contributed by atoms with Crippen LogP contribution in [0.1, 0.15) is 40.2 Å². The average Bonchev–Trinajstić information content (AvgIpc) is 3.57. The molecule has 2 saturated heterocycles. The minimum absolute atomic E-state index is 0.0841. The third kappa shape index (κ3) is 7.41. The van der Waals surface area contributed by atoms with Gasteiger partial charge in [0.15, 0.2) is 5.13 Å². The highest BCUT2D eigenvalue weighted by Crippen LogP contribution is 2.37. The number of rotatable bonds is 9. The van der Waals surface area contributed by atoms with E-state index in [0.717, 1.165) is 36.4 Å². The van der Waals surface area contributed by atoms with Crippen LogP contribution in [0, 0.1) is 0 Å². The van der Waals surface area contributed by atoms with Crippen molar-refractivity contribution < 1.29 is 27.9 Å². The Morgan fingerprint density at radius 1 is 1.12 bits per heavy atom. The lowest BCUT2D eigenvalue weighted by molar-refractivity contribution is -0.138. The molecule has 10 nitrogen and oxygen atoms in total. The number of carbonyl (C=O) groups is 2. The molecule has 15 heteroatoms. The third-order valence-electron chi connectivity index (χ3n) is 7.35. The van der Waals surface area contributed by atoms with Crippen LogP contribution in [0.5, 0.6) is 0 Å². The first-order chi connectivity index (χ1) is 20.1. The zero-order valence-electron chi connectivity index (χ0n) is 22.7. The molecule has 2 N–H and O–H groups in total. The maximum atomic E-state index is 13.4. The summed E-state index contributed by atoms with van der Waals surface area (Å²) in [7, 11) is 2.81. The summed E-state index contributed by atoms with van der Waals surface area (Å²) in [5, 5.41) is 11.9. The number of hydrogen-bond donors (Lipinski definition) is 2. The Bertz CT molecular complexity index is 1410. The second-order valence-electron chi connectivity index (χ2n) is 10.2. The number of carboxylic acids is 1. The fourth-order valence-electron chi connectivity index (χ4n) is 5.03. The van der Waals surface area contributed by atoms with Crippen molar-refractivity contribution >= 4 is 43.4 Å². The van der Waals surface area contributed by atoms with Gasteiger partial charge in [0.2, 0.25) is 0 Å². The highest BCUT2D eigenvalue weighted by Gasteiger charge is 2.31. The van der Waals surface area contributed by atoms with E-state index in [1.807, 2.05) is 4.90 Å². The number of nitrogens with one attached hydrogen (secondary N) is 1. The molecule has 2 aliphatic heterocycles. The fourth-order valence-corrected chi connectivity index (χ4v) is 6.53. The van der Waals surface area contributed by atoms with Crippen molar-refractivity contribution in [3.05, 3.63) is 52.8 Å². The molecule has 0 saturated carbocycles. The van der Waals surface area contributed by atoms with E-state index in [4.69, 9.17) is 5.11 Å². The largest absolute Gasteiger partial charge is 0.481 e. The topological polar surface area (TPSA) is 115 Å². The summed E-state index contributed by atoms with van der Waals surface area (Å²) in [6.45, 7) is 4.60. The standard InChI is InChI=1S/C27H31F3N7O3PS/c28-27(29,30)18-4-1-3-17(13-18)24-20(16-37-7-2-5-22(37)41)42-26(33-24)34-25(40)19-14-32-21(15-31-19)36-11-9-35(10-12-36)8-6-23(38)39/h1,3-4,13-15,22H,2,5-12,16,41H2,(H,38,39)(H,33,34,40). The van der Waals surface area contributed by atoms with Crippen LogP contribution in [0.25, 0.3) is 11.3 Å². The van der Waals surface area contributed by atoms with Crippen molar-refractivity contribution in [2.24, 2.45) is 0 Å². The molecule has 42 heavy (non-hydrogen) atoms. The van der Waals surface area contributed by atoms with Crippen molar-refractivity contribution in [3.63, 3.8) is 0 Å². The van der Waals surface area contributed by atoms with Crippen molar-refractivity contribution in [1.82, 2.24) is 24.8 Å². The molecule has 0 spiro atoms. The number of piperazine rings is 1. The summed E-state index contributed by atoms with van der Waals surface area (Å²) in [6.07, 6.45) is 0.568. The number of carboxylic acid groups (broad SMARTS) is 1. The zero-order valence-corrected chi connectivity index (χ0v) is 24.7. The number of alkyl halides is 3. The summed E-state index contributed by atoms with van der Waals surface area (Å²) >= 11 is 1.24. The summed E-state index contributed by atoms with van der Waals surface area (Å²) in [5.74, 6) is -0.460. The number of aliphatic carboxylic acids is 1. The Labute approximate surface area is 247 Å². The first-order valence-electron chi connectivity index (χ1n) is 13.6. The number of amides is 1. The van der Waals surface area contributed by atoms with Crippen LogP contribution in [-0.4, -0.2) is 86.8 Å². The zero-order chi connectivity index (χ0) is 29.9. The maximum Gasteiger partial charge on any atom is 0.416 e. The van der Waals surface area contributed by atoms with Crippen LogP contribution < -0.4 is 10.2 Å². The van der Waals surface area contributed by atoms with Gasteiger partial charge in [-0.15, -0.1) is 9.24 Å². The van der Waals surface area contributed by atoms with Crippen molar-refractivity contribution in [1.29, 1.82) is 0 Å². The Kier molecular flexibility index (Phi) is 9.36. The van der Waals surface area contributed by atoms with Gasteiger partial charge in [0.1, 0.15) is 11.5 Å². The van der Waals surface area contributed by atoms with E-state index in [-0.39, 0.29) is 23.0 Å². The van der Waals surface area contributed by atoms with Gasteiger partial charge in [-0.25, -0.2) is 15.0 Å². The molecule has 5 rings (SSSR count). The molecule has 2 fully saturated rings. The normalized spacial score (nSPS) is 18.4. The predicted molar refractivity (Wildman–Crippen MR) is 157 cm³/mol. The molecule has 1 aromatic carbocycles. The van der Waals surface area contributed by atoms with Gasteiger partial charge in [-0.05, 0) is 31.5 Å². The number of nitrogens with zero attached hydrogens (tertiary/aromatic N) is 6. The SMILES string of the molecule is O=C(O)CCN1CCN(c2cnc(C(=O)Nc3nc(-c4cccc(C(F)(F)F)c4)c(CN4CCCC4P)s3)cn2)CC1. The summed E-state index contributed by atoms with van der Waals surface area (Å²) in [5.41, 5.74) is 0.0742. The Balaban J connectivity index is 1.29. The predicted octanol–water partition coefficient (Wildman–Crippen LogP) is 4.26. The number of likely N-dealkylation sites (tertiary alicyclic amines) is 1. The molecule has 2 aliphatic rings. The third-order valence-corrected chi connectivity index (χ3v) is 9.06. The average molecular weight is 622 g/mol. The van der Waals surface area contributed by atoms with E-state index >= 15 is 0 Å². The van der Waals surface area contributed by atoms with Gasteiger partial charge in [0.05, 0.1) is 30.1 Å². The van der Waals surface area contributed by atoms with Gasteiger partial charge >= 0.3 is 12.1 Å².